The largest absolute Gasteiger partial charge is 0.396 e. The van der Waals surface area contributed by atoms with Crippen LogP contribution in [-0.2, 0) is 0 Å². The lowest BCUT2D eigenvalue weighted by molar-refractivity contribution is -0.311. The van der Waals surface area contributed by atoms with Gasteiger partial charge in [0, 0.05) is 6.42 Å². The lowest BCUT2D eigenvalue weighted by atomic mass is 9.42. The Morgan fingerprint density at radius 3 is 2.21 bits per heavy atom. The highest BCUT2D eigenvalue weighted by Gasteiger charge is 2.76. The van der Waals surface area contributed by atoms with Crippen LogP contribution in [0.3, 0.4) is 0 Å². The summed E-state index contributed by atoms with van der Waals surface area (Å²) >= 11 is 0. The van der Waals surface area contributed by atoms with E-state index >= 15 is 0 Å². The number of fused-ring (bicyclic) bond motifs is 5. The highest BCUT2D eigenvalue weighted by atomic mass is 16.4. The first-order chi connectivity index (χ1) is 15.8. The predicted octanol–water partition coefficient (Wildman–Crippen LogP) is 1.50. The van der Waals surface area contributed by atoms with Crippen LogP contribution in [0.2, 0.25) is 0 Å². The summed E-state index contributed by atoms with van der Waals surface area (Å²) in [6.45, 7) is 8.19. The van der Waals surface area contributed by atoms with Gasteiger partial charge < -0.3 is 35.7 Å². The Labute approximate surface area is 203 Å². The minimum absolute atomic E-state index is 0.106. The van der Waals surface area contributed by atoms with Gasteiger partial charge in [-0.3, -0.25) is 0 Å². The van der Waals surface area contributed by atoms with Gasteiger partial charge in [-0.1, -0.05) is 53.0 Å². The fourth-order valence-corrected chi connectivity index (χ4v) is 8.75. The fourth-order valence-electron chi connectivity index (χ4n) is 8.75. The van der Waals surface area contributed by atoms with E-state index in [1.54, 1.807) is 0 Å². The monoisotopic (exact) mass is 482 g/mol. The van der Waals surface area contributed by atoms with Crippen LogP contribution in [0.1, 0.15) is 79.1 Å². The van der Waals surface area contributed by atoms with Crippen molar-refractivity contribution in [2.75, 3.05) is 6.61 Å². The molecular formula is C27H46O7. The molecule has 0 aromatic rings. The highest BCUT2D eigenvalue weighted by molar-refractivity contribution is 5.43. The summed E-state index contributed by atoms with van der Waals surface area (Å²) in [7, 11) is 0. The molecule has 11 atom stereocenters. The van der Waals surface area contributed by atoms with E-state index in [-0.39, 0.29) is 17.8 Å². The third kappa shape index (κ3) is 3.41. The van der Waals surface area contributed by atoms with E-state index in [4.69, 9.17) is 0 Å². The lowest BCUT2D eigenvalue weighted by Crippen LogP contribution is -2.79. The standard InChI is InChI=1S/C27H46O7/c1-15(2)6-5-7-16(3)17-8-9-18-19-10-22(31)26(33)12-21(30)20(29)11-25(26,14-28)27(19,34)23(32)13-24(17,18)4/h10,15-18,20-23,28-34H,5-9,11-14H2,1-4H3. The summed E-state index contributed by atoms with van der Waals surface area (Å²) in [5.41, 5.74) is -5.66. The van der Waals surface area contributed by atoms with Crippen molar-refractivity contribution in [3.63, 3.8) is 0 Å². The quantitative estimate of drug-likeness (QED) is 0.285. The van der Waals surface area contributed by atoms with Crippen molar-refractivity contribution in [3.8, 4) is 0 Å². The van der Waals surface area contributed by atoms with Crippen molar-refractivity contribution in [3.05, 3.63) is 11.6 Å². The summed E-state index contributed by atoms with van der Waals surface area (Å²) in [6.07, 6.45) is 0.983. The van der Waals surface area contributed by atoms with Crippen molar-refractivity contribution in [1.29, 1.82) is 0 Å². The van der Waals surface area contributed by atoms with E-state index < -0.39 is 54.1 Å². The van der Waals surface area contributed by atoms with Crippen LogP contribution in [-0.4, -0.2) is 78.0 Å². The molecule has 7 heteroatoms. The van der Waals surface area contributed by atoms with Crippen LogP contribution < -0.4 is 0 Å². The molecule has 4 aliphatic rings. The van der Waals surface area contributed by atoms with E-state index in [2.05, 4.69) is 27.7 Å². The van der Waals surface area contributed by atoms with Gasteiger partial charge in [-0.05, 0) is 60.3 Å². The normalized spacial score (nSPS) is 51.5. The van der Waals surface area contributed by atoms with E-state index in [1.165, 1.54) is 12.5 Å². The van der Waals surface area contributed by atoms with Gasteiger partial charge in [0.1, 0.15) is 17.3 Å². The lowest BCUT2D eigenvalue weighted by Gasteiger charge is -2.67. The number of hydrogen-bond acceptors (Lipinski definition) is 7. The van der Waals surface area contributed by atoms with Gasteiger partial charge in [0.05, 0.1) is 30.3 Å². The van der Waals surface area contributed by atoms with Crippen molar-refractivity contribution in [1.82, 2.24) is 0 Å². The van der Waals surface area contributed by atoms with Gasteiger partial charge in [-0.15, -0.1) is 0 Å². The molecular weight excluding hydrogens is 436 g/mol. The van der Waals surface area contributed by atoms with Crippen LogP contribution in [0.15, 0.2) is 11.6 Å². The zero-order chi connectivity index (χ0) is 25.3. The maximum atomic E-state index is 12.2. The Morgan fingerprint density at radius 2 is 1.59 bits per heavy atom. The molecule has 0 heterocycles. The van der Waals surface area contributed by atoms with Gasteiger partial charge in [0.2, 0.25) is 0 Å². The van der Waals surface area contributed by atoms with Gasteiger partial charge in [-0.2, -0.15) is 0 Å². The van der Waals surface area contributed by atoms with Crippen LogP contribution in [0.5, 0.6) is 0 Å². The molecule has 7 nitrogen and oxygen atoms in total. The summed E-state index contributed by atoms with van der Waals surface area (Å²) in [5.74, 6) is 1.37. The molecule has 0 saturated heterocycles. The first-order valence-corrected chi connectivity index (χ1v) is 13.3. The first-order valence-electron chi connectivity index (χ1n) is 13.3. The molecule has 34 heavy (non-hydrogen) atoms. The molecule has 3 fully saturated rings. The summed E-state index contributed by atoms with van der Waals surface area (Å²) in [6, 6.07) is 0. The number of aliphatic hydroxyl groups is 7. The van der Waals surface area contributed by atoms with Gasteiger partial charge in [0.15, 0.2) is 0 Å². The molecule has 0 spiro atoms. The Balaban J connectivity index is 1.73. The minimum atomic E-state index is -2.07. The predicted molar refractivity (Wildman–Crippen MR) is 128 cm³/mol. The second kappa shape index (κ2) is 8.79. The van der Waals surface area contributed by atoms with Crippen molar-refractivity contribution in [2.24, 2.45) is 34.5 Å². The Bertz CT molecular complexity index is 800. The van der Waals surface area contributed by atoms with Crippen LogP contribution >= 0.6 is 0 Å². The van der Waals surface area contributed by atoms with E-state index in [0.29, 0.717) is 29.7 Å². The van der Waals surface area contributed by atoms with E-state index in [1.807, 2.05) is 0 Å². The molecule has 11 unspecified atom stereocenters. The van der Waals surface area contributed by atoms with E-state index in [0.717, 1.165) is 25.7 Å². The Kier molecular flexibility index (Phi) is 6.86. The second-order valence-electron chi connectivity index (χ2n) is 12.8. The Morgan fingerprint density at radius 1 is 0.941 bits per heavy atom. The molecule has 0 aromatic carbocycles. The average molecular weight is 483 g/mol. The van der Waals surface area contributed by atoms with Crippen LogP contribution in [0.4, 0.5) is 0 Å². The van der Waals surface area contributed by atoms with Gasteiger partial charge >= 0.3 is 0 Å². The minimum Gasteiger partial charge on any atom is -0.396 e. The van der Waals surface area contributed by atoms with Crippen molar-refractivity contribution in [2.45, 2.75) is 115 Å². The molecule has 0 bridgehead atoms. The fraction of sp³-hybridized carbons (Fsp3) is 0.926. The molecule has 7 N–H and O–H groups in total. The maximum Gasteiger partial charge on any atom is 0.123 e. The molecule has 3 saturated carbocycles. The zero-order valence-corrected chi connectivity index (χ0v) is 21.2. The number of aliphatic hydroxyl groups excluding tert-OH is 5. The molecule has 0 radical (unpaired) electrons. The van der Waals surface area contributed by atoms with Crippen molar-refractivity contribution >= 4 is 0 Å². The third-order valence-corrected chi connectivity index (χ3v) is 10.6. The molecule has 196 valence electrons. The molecule has 0 amide bonds. The van der Waals surface area contributed by atoms with Gasteiger partial charge in [0.25, 0.3) is 0 Å². The number of hydrogen-bond donors (Lipinski definition) is 7. The topological polar surface area (TPSA) is 142 Å². The SMILES string of the molecule is CC(C)CCCC(C)C1CCC2C3=CC(O)C4(O)CC(O)C(O)CC4(CO)C3(O)C(O)CC21C. The number of rotatable bonds is 6. The summed E-state index contributed by atoms with van der Waals surface area (Å²) < 4.78 is 0. The third-order valence-electron chi connectivity index (χ3n) is 10.6. The molecule has 4 rings (SSSR count). The first kappa shape index (κ1) is 26.5. The molecule has 4 aliphatic carbocycles. The Hall–Kier alpha value is -0.540. The van der Waals surface area contributed by atoms with Crippen molar-refractivity contribution < 1.29 is 35.7 Å². The molecule has 0 aromatic heterocycles. The van der Waals surface area contributed by atoms with Crippen LogP contribution in [0.25, 0.3) is 0 Å². The average Bonchev–Trinajstić information content (AvgIpc) is 3.09. The summed E-state index contributed by atoms with van der Waals surface area (Å²) in [4.78, 5) is 0. The molecule has 0 aliphatic heterocycles. The highest BCUT2D eigenvalue weighted by Crippen LogP contribution is 2.69. The van der Waals surface area contributed by atoms with Crippen LogP contribution in [0, 0.1) is 34.5 Å². The summed E-state index contributed by atoms with van der Waals surface area (Å²) in [5, 5.41) is 78.0. The maximum absolute atomic E-state index is 12.2. The van der Waals surface area contributed by atoms with E-state index in [9.17, 15) is 35.7 Å². The zero-order valence-electron chi connectivity index (χ0n) is 21.2. The smallest absolute Gasteiger partial charge is 0.123 e. The second-order valence-corrected chi connectivity index (χ2v) is 12.8. The van der Waals surface area contributed by atoms with Gasteiger partial charge in [-0.25, -0.2) is 0 Å².